The summed E-state index contributed by atoms with van der Waals surface area (Å²) in [5, 5.41) is 7.53. The van der Waals surface area contributed by atoms with E-state index in [9.17, 15) is 4.79 Å². The number of aromatic nitrogens is 2. The summed E-state index contributed by atoms with van der Waals surface area (Å²) in [5.74, 6) is 2.04. The maximum Gasteiger partial charge on any atom is 0.246 e. The van der Waals surface area contributed by atoms with Gasteiger partial charge in [-0.3, -0.25) is 4.79 Å². The van der Waals surface area contributed by atoms with Crippen molar-refractivity contribution in [1.82, 2.24) is 15.5 Å². The monoisotopic (exact) mass is 317 g/mol. The number of amides is 1. The lowest BCUT2D eigenvalue weighted by Gasteiger charge is -2.02. The molecule has 114 valence electrons. The van der Waals surface area contributed by atoms with Crippen LogP contribution in [0.3, 0.4) is 0 Å². The lowest BCUT2D eigenvalue weighted by molar-refractivity contribution is -0.122. The molecule has 2 fully saturated rings. The van der Waals surface area contributed by atoms with Crippen LogP contribution in [-0.4, -0.2) is 16.0 Å². The van der Waals surface area contributed by atoms with Gasteiger partial charge in [-0.2, -0.15) is 4.98 Å². The van der Waals surface area contributed by atoms with Crippen LogP contribution in [0.2, 0.25) is 5.02 Å². The van der Waals surface area contributed by atoms with Crippen molar-refractivity contribution in [2.45, 2.75) is 37.6 Å². The topological polar surface area (TPSA) is 68.0 Å². The maximum absolute atomic E-state index is 12.2. The van der Waals surface area contributed by atoms with Gasteiger partial charge in [-0.1, -0.05) is 28.9 Å². The molecule has 0 radical (unpaired) electrons. The Morgan fingerprint density at radius 1 is 1.41 bits per heavy atom. The van der Waals surface area contributed by atoms with Gasteiger partial charge in [0.2, 0.25) is 11.8 Å². The Morgan fingerprint density at radius 3 is 3.05 bits per heavy atom. The first-order chi connectivity index (χ1) is 10.7. The lowest BCUT2D eigenvalue weighted by Crippen LogP contribution is -2.25. The SMILES string of the molecule is O=C(NCc1nc(C2CC2)no1)[C@@H]1C[C@@H]1c1cccc(Cl)c1. The van der Waals surface area contributed by atoms with Crippen molar-refractivity contribution in [2.75, 3.05) is 0 Å². The Bertz CT molecular complexity index is 711. The second-order valence-electron chi connectivity index (χ2n) is 6.04. The standard InChI is InChI=1S/C16H16ClN3O2/c17-11-3-1-2-10(6-11)12-7-13(12)16(21)18-8-14-19-15(20-22-14)9-4-5-9/h1-3,6,9,12-13H,4-5,7-8H2,(H,18,21)/t12-,13-/m1/s1. The zero-order valence-corrected chi connectivity index (χ0v) is 12.7. The number of hydrogen-bond acceptors (Lipinski definition) is 4. The number of rotatable bonds is 5. The molecule has 0 bridgehead atoms. The molecule has 2 atom stereocenters. The Kier molecular flexibility index (Phi) is 3.37. The molecule has 1 amide bonds. The average molecular weight is 318 g/mol. The molecule has 0 saturated heterocycles. The second-order valence-corrected chi connectivity index (χ2v) is 6.48. The van der Waals surface area contributed by atoms with Crippen LogP contribution in [0.15, 0.2) is 28.8 Å². The molecule has 2 aliphatic carbocycles. The lowest BCUT2D eigenvalue weighted by atomic mass is 10.1. The molecule has 4 rings (SSSR count). The summed E-state index contributed by atoms with van der Waals surface area (Å²) in [4.78, 5) is 16.5. The van der Waals surface area contributed by atoms with Gasteiger partial charge in [0.25, 0.3) is 0 Å². The Morgan fingerprint density at radius 2 is 2.27 bits per heavy atom. The average Bonchev–Trinajstić information content (AvgIpc) is 3.43. The molecule has 0 spiro atoms. The fourth-order valence-corrected chi connectivity index (χ4v) is 2.93. The summed E-state index contributed by atoms with van der Waals surface area (Å²) < 4.78 is 5.15. The van der Waals surface area contributed by atoms with Crippen LogP contribution in [-0.2, 0) is 11.3 Å². The summed E-state index contributed by atoms with van der Waals surface area (Å²) in [6.07, 6.45) is 3.13. The van der Waals surface area contributed by atoms with Crippen molar-refractivity contribution in [1.29, 1.82) is 0 Å². The Hall–Kier alpha value is -1.88. The van der Waals surface area contributed by atoms with E-state index in [1.165, 1.54) is 0 Å². The van der Waals surface area contributed by atoms with E-state index in [0.29, 0.717) is 23.4 Å². The van der Waals surface area contributed by atoms with Crippen LogP contribution in [0.4, 0.5) is 0 Å². The predicted molar refractivity (Wildman–Crippen MR) is 80.4 cm³/mol. The van der Waals surface area contributed by atoms with Crippen LogP contribution in [0.25, 0.3) is 0 Å². The minimum atomic E-state index is 0.0179. The normalized spacial score (nSPS) is 23.3. The molecule has 2 saturated carbocycles. The second kappa shape index (κ2) is 5.39. The van der Waals surface area contributed by atoms with E-state index in [1.54, 1.807) is 0 Å². The summed E-state index contributed by atoms with van der Waals surface area (Å²) in [6.45, 7) is 0.303. The highest BCUT2D eigenvalue weighted by Crippen LogP contribution is 2.48. The van der Waals surface area contributed by atoms with Crippen molar-refractivity contribution in [2.24, 2.45) is 5.92 Å². The molecule has 1 aromatic heterocycles. The molecule has 1 N–H and O–H groups in total. The number of hydrogen-bond donors (Lipinski definition) is 1. The summed E-state index contributed by atoms with van der Waals surface area (Å²) in [5.41, 5.74) is 1.13. The van der Waals surface area contributed by atoms with Gasteiger partial charge in [0, 0.05) is 16.9 Å². The number of carbonyl (C=O) groups is 1. The molecular formula is C16H16ClN3O2. The highest BCUT2D eigenvalue weighted by atomic mass is 35.5. The molecule has 0 aliphatic heterocycles. The Balaban J connectivity index is 1.31. The van der Waals surface area contributed by atoms with Gasteiger partial charge in [0.15, 0.2) is 5.82 Å². The molecule has 6 heteroatoms. The number of nitrogens with one attached hydrogen (secondary N) is 1. The van der Waals surface area contributed by atoms with Crippen LogP contribution < -0.4 is 5.32 Å². The quantitative estimate of drug-likeness (QED) is 0.920. The highest BCUT2D eigenvalue weighted by Gasteiger charge is 2.43. The maximum atomic E-state index is 12.2. The van der Waals surface area contributed by atoms with Gasteiger partial charge in [-0.15, -0.1) is 0 Å². The first kappa shape index (κ1) is 13.8. The highest BCUT2D eigenvalue weighted by molar-refractivity contribution is 6.30. The fraction of sp³-hybridized carbons (Fsp3) is 0.438. The van der Waals surface area contributed by atoms with Crippen molar-refractivity contribution >= 4 is 17.5 Å². The van der Waals surface area contributed by atoms with Crippen molar-refractivity contribution in [3.63, 3.8) is 0 Å². The summed E-state index contributed by atoms with van der Waals surface area (Å²) >= 11 is 5.99. The zero-order valence-electron chi connectivity index (χ0n) is 12.0. The first-order valence-corrected chi connectivity index (χ1v) is 7.94. The number of carbonyl (C=O) groups excluding carboxylic acids is 1. The van der Waals surface area contributed by atoms with E-state index >= 15 is 0 Å². The number of nitrogens with zero attached hydrogens (tertiary/aromatic N) is 2. The third kappa shape index (κ3) is 2.86. The van der Waals surface area contributed by atoms with Gasteiger partial charge in [-0.25, -0.2) is 0 Å². The van der Waals surface area contributed by atoms with Gasteiger partial charge in [0.1, 0.15) is 0 Å². The van der Waals surface area contributed by atoms with Crippen molar-refractivity contribution in [3.8, 4) is 0 Å². The minimum Gasteiger partial charge on any atom is -0.347 e. The molecule has 1 aromatic carbocycles. The van der Waals surface area contributed by atoms with E-state index < -0.39 is 0 Å². The van der Waals surface area contributed by atoms with Gasteiger partial charge in [0.05, 0.1) is 6.54 Å². The van der Waals surface area contributed by atoms with Gasteiger partial charge >= 0.3 is 0 Å². The van der Waals surface area contributed by atoms with E-state index in [1.807, 2.05) is 24.3 Å². The number of halogens is 1. The first-order valence-electron chi connectivity index (χ1n) is 7.56. The van der Waals surface area contributed by atoms with Crippen LogP contribution in [0.1, 0.15) is 48.4 Å². The molecule has 22 heavy (non-hydrogen) atoms. The third-order valence-electron chi connectivity index (χ3n) is 4.24. The van der Waals surface area contributed by atoms with E-state index in [-0.39, 0.29) is 17.7 Å². The molecule has 1 heterocycles. The molecule has 2 aromatic rings. The van der Waals surface area contributed by atoms with E-state index in [2.05, 4.69) is 15.5 Å². The molecule has 0 unspecified atom stereocenters. The number of benzene rings is 1. The van der Waals surface area contributed by atoms with Crippen LogP contribution >= 0.6 is 11.6 Å². The smallest absolute Gasteiger partial charge is 0.246 e. The fourth-order valence-electron chi connectivity index (χ4n) is 2.73. The Labute approximate surface area is 133 Å². The predicted octanol–water partition coefficient (Wildman–Crippen LogP) is 3.02. The summed E-state index contributed by atoms with van der Waals surface area (Å²) in [6, 6.07) is 7.71. The molecule has 5 nitrogen and oxygen atoms in total. The minimum absolute atomic E-state index is 0.0179. The van der Waals surface area contributed by atoms with Gasteiger partial charge < -0.3 is 9.84 Å². The van der Waals surface area contributed by atoms with Gasteiger partial charge in [-0.05, 0) is 42.9 Å². The zero-order chi connectivity index (χ0) is 15.1. The van der Waals surface area contributed by atoms with Crippen LogP contribution in [0.5, 0.6) is 0 Å². The molecule has 2 aliphatic rings. The van der Waals surface area contributed by atoms with E-state index in [0.717, 1.165) is 30.7 Å². The van der Waals surface area contributed by atoms with Crippen molar-refractivity contribution in [3.05, 3.63) is 46.6 Å². The van der Waals surface area contributed by atoms with E-state index in [4.69, 9.17) is 16.1 Å². The third-order valence-corrected chi connectivity index (χ3v) is 4.48. The van der Waals surface area contributed by atoms with Crippen LogP contribution in [0, 0.1) is 5.92 Å². The summed E-state index contributed by atoms with van der Waals surface area (Å²) in [7, 11) is 0. The largest absolute Gasteiger partial charge is 0.347 e. The molecular weight excluding hydrogens is 302 g/mol. The van der Waals surface area contributed by atoms with Crippen molar-refractivity contribution < 1.29 is 9.32 Å².